The number of rotatable bonds is 4. The molecular weight excluding hydrogens is 179 g/mol. The van der Waals surface area contributed by atoms with Crippen LogP contribution in [0.3, 0.4) is 0 Å². The summed E-state index contributed by atoms with van der Waals surface area (Å²) in [5.74, 6) is -0.168. The van der Waals surface area contributed by atoms with E-state index in [1.807, 2.05) is 6.92 Å². The van der Waals surface area contributed by atoms with Crippen molar-refractivity contribution in [1.82, 2.24) is 0 Å². The number of benzene rings is 1. The molecule has 76 valence electrons. The highest BCUT2D eigenvalue weighted by atomic mass is 19.1. The molecule has 0 aliphatic carbocycles. The molecule has 1 aromatic carbocycles. The van der Waals surface area contributed by atoms with E-state index in [2.05, 4.69) is 0 Å². The number of halogens is 1. The molecule has 0 aliphatic heterocycles. The van der Waals surface area contributed by atoms with Gasteiger partial charge in [-0.1, -0.05) is 13.3 Å². The molecule has 0 saturated carbocycles. The van der Waals surface area contributed by atoms with Crippen molar-refractivity contribution in [2.24, 2.45) is 0 Å². The molecule has 0 spiro atoms. The molecule has 2 heteroatoms. The van der Waals surface area contributed by atoms with Crippen LogP contribution >= 0.6 is 0 Å². The first-order valence-electron chi connectivity index (χ1n) is 4.94. The fraction of sp³-hybridized carbons (Fsp3) is 0.417. The number of unbranched alkanes of at least 4 members (excludes halogenated alkanes) is 1. The number of carbonyl (C=O) groups excluding carboxylic acids is 1. The summed E-state index contributed by atoms with van der Waals surface area (Å²) < 4.78 is 12.8. The summed E-state index contributed by atoms with van der Waals surface area (Å²) in [7, 11) is 0. The molecule has 0 aromatic heterocycles. The largest absolute Gasteiger partial charge is 0.294 e. The van der Waals surface area contributed by atoms with Gasteiger partial charge in [0.1, 0.15) is 5.82 Å². The highest BCUT2D eigenvalue weighted by Gasteiger charge is 2.08. The summed E-state index contributed by atoms with van der Waals surface area (Å²) in [6.45, 7) is 3.81. The van der Waals surface area contributed by atoms with E-state index in [-0.39, 0.29) is 11.6 Å². The van der Waals surface area contributed by atoms with Crippen molar-refractivity contribution in [3.63, 3.8) is 0 Å². The third kappa shape index (κ3) is 2.66. The van der Waals surface area contributed by atoms with Crippen LogP contribution in [0.15, 0.2) is 18.2 Å². The standard InChI is InChI=1S/C12H15FO/c1-3-4-5-12(14)11-7-6-10(13)8-9(11)2/h6-8H,3-5H2,1-2H3. The maximum atomic E-state index is 12.8. The minimum Gasteiger partial charge on any atom is -0.294 e. The molecule has 1 rings (SSSR count). The number of hydrogen-bond donors (Lipinski definition) is 0. The smallest absolute Gasteiger partial charge is 0.163 e. The molecule has 1 nitrogen and oxygen atoms in total. The van der Waals surface area contributed by atoms with Gasteiger partial charge in [-0.3, -0.25) is 4.79 Å². The predicted molar refractivity (Wildman–Crippen MR) is 55.0 cm³/mol. The zero-order valence-corrected chi connectivity index (χ0v) is 8.64. The second kappa shape index (κ2) is 4.89. The summed E-state index contributed by atoms with van der Waals surface area (Å²) in [4.78, 5) is 11.6. The Morgan fingerprint density at radius 2 is 2.14 bits per heavy atom. The fourth-order valence-electron chi connectivity index (χ4n) is 1.41. The van der Waals surface area contributed by atoms with Gasteiger partial charge in [0.15, 0.2) is 5.78 Å². The van der Waals surface area contributed by atoms with Gasteiger partial charge < -0.3 is 0 Å². The first-order chi connectivity index (χ1) is 6.65. The third-order valence-corrected chi connectivity index (χ3v) is 2.25. The van der Waals surface area contributed by atoms with Gasteiger partial charge in [-0.2, -0.15) is 0 Å². The van der Waals surface area contributed by atoms with Crippen molar-refractivity contribution in [1.29, 1.82) is 0 Å². The predicted octanol–water partition coefficient (Wildman–Crippen LogP) is 3.51. The van der Waals surface area contributed by atoms with Crippen LogP contribution < -0.4 is 0 Å². The Labute approximate surface area is 83.9 Å². The summed E-state index contributed by atoms with van der Waals surface area (Å²) in [5, 5.41) is 0. The van der Waals surface area contributed by atoms with Crippen molar-refractivity contribution in [2.45, 2.75) is 33.1 Å². The van der Waals surface area contributed by atoms with E-state index in [9.17, 15) is 9.18 Å². The van der Waals surface area contributed by atoms with E-state index >= 15 is 0 Å². The Hall–Kier alpha value is -1.18. The highest BCUT2D eigenvalue weighted by Crippen LogP contribution is 2.13. The van der Waals surface area contributed by atoms with Gasteiger partial charge in [-0.15, -0.1) is 0 Å². The number of aryl methyl sites for hydroxylation is 1. The molecule has 0 fully saturated rings. The molecular formula is C12H15FO. The maximum absolute atomic E-state index is 12.8. The molecule has 0 unspecified atom stereocenters. The minimum atomic E-state index is -0.283. The van der Waals surface area contributed by atoms with Crippen LogP contribution in [0.1, 0.15) is 42.1 Å². The lowest BCUT2D eigenvalue weighted by atomic mass is 10.0. The third-order valence-electron chi connectivity index (χ3n) is 2.25. The van der Waals surface area contributed by atoms with Gasteiger partial charge in [-0.05, 0) is 37.1 Å². The Bertz CT molecular complexity index is 331. The SMILES string of the molecule is CCCCC(=O)c1ccc(F)cc1C. The summed E-state index contributed by atoms with van der Waals surface area (Å²) in [6, 6.07) is 4.31. The molecule has 0 radical (unpaired) electrons. The Morgan fingerprint density at radius 3 is 2.71 bits per heavy atom. The molecule has 0 heterocycles. The second-order valence-electron chi connectivity index (χ2n) is 3.49. The van der Waals surface area contributed by atoms with Gasteiger partial charge >= 0.3 is 0 Å². The monoisotopic (exact) mass is 194 g/mol. The van der Waals surface area contributed by atoms with Crippen LogP contribution in [0.25, 0.3) is 0 Å². The van der Waals surface area contributed by atoms with Gasteiger partial charge in [0.2, 0.25) is 0 Å². The topological polar surface area (TPSA) is 17.1 Å². The van der Waals surface area contributed by atoms with Crippen molar-refractivity contribution in [2.75, 3.05) is 0 Å². The number of carbonyl (C=O) groups is 1. The van der Waals surface area contributed by atoms with Crippen molar-refractivity contribution >= 4 is 5.78 Å². The quantitative estimate of drug-likeness (QED) is 0.670. The average molecular weight is 194 g/mol. The van der Waals surface area contributed by atoms with Crippen LogP contribution in [0.5, 0.6) is 0 Å². The van der Waals surface area contributed by atoms with Crippen LogP contribution in [0.4, 0.5) is 4.39 Å². The maximum Gasteiger partial charge on any atom is 0.163 e. The Morgan fingerprint density at radius 1 is 1.43 bits per heavy atom. The molecule has 0 saturated heterocycles. The summed E-state index contributed by atoms with van der Waals surface area (Å²) in [5.41, 5.74) is 1.38. The second-order valence-corrected chi connectivity index (χ2v) is 3.49. The van der Waals surface area contributed by atoms with Gasteiger partial charge in [0.05, 0.1) is 0 Å². The van der Waals surface area contributed by atoms with Crippen LogP contribution in [0, 0.1) is 12.7 Å². The van der Waals surface area contributed by atoms with E-state index in [1.54, 1.807) is 13.0 Å². The Balaban J connectivity index is 2.80. The van der Waals surface area contributed by atoms with Crippen molar-refractivity contribution in [3.8, 4) is 0 Å². The van der Waals surface area contributed by atoms with Crippen LogP contribution in [0.2, 0.25) is 0 Å². The molecule has 0 amide bonds. The fourth-order valence-corrected chi connectivity index (χ4v) is 1.41. The first kappa shape index (κ1) is 10.9. The summed E-state index contributed by atoms with van der Waals surface area (Å²) >= 11 is 0. The molecule has 0 N–H and O–H groups in total. The normalized spacial score (nSPS) is 10.2. The molecule has 14 heavy (non-hydrogen) atoms. The lowest BCUT2D eigenvalue weighted by Gasteiger charge is -2.03. The van der Waals surface area contributed by atoms with Crippen LogP contribution in [-0.2, 0) is 0 Å². The number of ketones is 1. The zero-order chi connectivity index (χ0) is 10.6. The van der Waals surface area contributed by atoms with Gasteiger partial charge in [0, 0.05) is 12.0 Å². The number of hydrogen-bond acceptors (Lipinski definition) is 1. The zero-order valence-electron chi connectivity index (χ0n) is 8.64. The minimum absolute atomic E-state index is 0.115. The van der Waals surface area contributed by atoms with Gasteiger partial charge in [-0.25, -0.2) is 4.39 Å². The first-order valence-corrected chi connectivity index (χ1v) is 4.94. The molecule has 1 aromatic rings. The molecule has 0 atom stereocenters. The highest BCUT2D eigenvalue weighted by molar-refractivity contribution is 5.97. The van der Waals surface area contributed by atoms with Gasteiger partial charge in [0.25, 0.3) is 0 Å². The van der Waals surface area contributed by atoms with E-state index in [1.165, 1.54) is 12.1 Å². The van der Waals surface area contributed by atoms with E-state index in [0.717, 1.165) is 18.4 Å². The molecule has 0 aliphatic rings. The van der Waals surface area contributed by atoms with E-state index in [0.29, 0.717) is 12.0 Å². The summed E-state index contributed by atoms with van der Waals surface area (Å²) in [6.07, 6.45) is 2.46. The van der Waals surface area contributed by atoms with E-state index in [4.69, 9.17) is 0 Å². The van der Waals surface area contributed by atoms with Crippen LogP contribution in [-0.4, -0.2) is 5.78 Å². The molecule has 0 bridgehead atoms. The van der Waals surface area contributed by atoms with Crippen molar-refractivity contribution in [3.05, 3.63) is 35.1 Å². The average Bonchev–Trinajstić information content (AvgIpc) is 2.14. The van der Waals surface area contributed by atoms with E-state index < -0.39 is 0 Å². The Kier molecular flexibility index (Phi) is 3.81. The van der Waals surface area contributed by atoms with Crippen molar-refractivity contribution < 1.29 is 9.18 Å². The number of Topliss-reactive ketones (excluding diaryl/α,β-unsaturated/α-hetero) is 1. The lowest BCUT2D eigenvalue weighted by Crippen LogP contribution is -2.01. The lowest BCUT2D eigenvalue weighted by molar-refractivity contribution is 0.0979.